The van der Waals surface area contributed by atoms with Crippen LogP contribution in [0.1, 0.15) is 20.3 Å². The molecule has 6 nitrogen and oxygen atoms in total. The average Bonchev–Trinajstić information content (AvgIpc) is 3.06. The first-order valence-electron chi connectivity index (χ1n) is 7.87. The first kappa shape index (κ1) is 17.3. The zero-order valence-corrected chi connectivity index (χ0v) is 15.2. The second kappa shape index (κ2) is 6.76. The number of thioether (sulfide) groups is 1. The van der Waals surface area contributed by atoms with E-state index in [4.69, 9.17) is 4.42 Å². The summed E-state index contributed by atoms with van der Waals surface area (Å²) in [5.74, 6) is 0.0574. The van der Waals surface area contributed by atoms with Gasteiger partial charge in [-0.3, -0.25) is 4.79 Å². The Morgan fingerprint density at radius 2 is 2.12 bits per heavy atom. The Bertz CT molecular complexity index is 812. The topological polar surface area (TPSA) is 89.3 Å². The fraction of sp³-hybridized carbons (Fsp3) is 0.500. The molecular formula is C16H20N2O4S2. The molecule has 1 N–H and O–H groups in total. The van der Waals surface area contributed by atoms with Gasteiger partial charge in [-0.25, -0.2) is 13.4 Å². The highest BCUT2D eigenvalue weighted by molar-refractivity contribution is 8.00. The molecule has 1 aromatic heterocycles. The molecule has 0 aliphatic carbocycles. The highest BCUT2D eigenvalue weighted by Gasteiger charge is 2.32. The molecule has 0 radical (unpaired) electrons. The Balaban J connectivity index is 1.71. The molecule has 1 fully saturated rings. The third-order valence-electron chi connectivity index (χ3n) is 3.94. The van der Waals surface area contributed by atoms with Gasteiger partial charge in [0.2, 0.25) is 5.91 Å². The summed E-state index contributed by atoms with van der Waals surface area (Å²) in [6.45, 7) is 3.90. The van der Waals surface area contributed by atoms with Gasteiger partial charge in [-0.1, -0.05) is 37.7 Å². The van der Waals surface area contributed by atoms with E-state index in [0.717, 1.165) is 5.52 Å². The van der Waals surface area contributed by atoms with E-state index >= 15 is 0 Å². The van der Waals surface area contributed by atoms with Crippen molar-refractivity contribution in [1.29, 1.82) is 0 Å². The van der Waals surface area contributed by atoms with E-state index in [1.54, 1.807) is 0 Å². The molecule has 3 rings (SSSR count). The predicted octanol–water partition coefficient (Wildman–Crippen LogP) is 2.25. The maximum absolute atomic E-state index is 12.6. The standard InChI is InChI=1S/C16H20N2O4S2/c1-10(2)14(15(19)17-11-7-8-24(20,21)9-11)23-16-18-12-5-3-4-6-13(12)22-16/h3-6,10-11,14H,7-9H2,1-2H3,(H,17,19)/t11-,14-/m1/s1. The minimum Gasteiger partial charge on any atom is -0.431 e. The van der Waals surface area contributed by atoms with Crippen LogP contribution in [-0.4, -0.2) is 42.1 Å². The quantitative estimate of drug-likeness (QED) is 0.814. The highest BCUT2D eigenvalue weighted by atomic mass is 32.2. The lowest BCUT2D eigenvalue weighted by Crippen LogP contribution is -2.42. The molecule has 1 aliphatic heterocycles. The Morgan fingerprint density at radius 3 is 2.75 bits per heavy atom. The normalized spacial score (nSPS) is 21.2. The lowest BCUT2D eigenvalue weighted by Gasteiger charge is -2.20. The number of fused-ring (bicyclic) bond motifs is 1. The van der Waals surface area contributed by atoms with Gasteiger partial charge in [0, 0.05) is 6.04 Å². The van der Waals surface area contributed by atoms with Crippen LogP contribution in [0.5, 0.6) is 0 Å². The first-order chi connectivity index (χ1) is 11.3. The van der Waals surface area contributed by atoms with Crippen LogP contribution in [0.4, 0.5) is 0 Å². The molecule has 24 heavy (non-hydrogen) atoms. The van der Waals surface area contributed by atoms with Crippen LogP contribution in [0.15, 0.2) is 33.9 Å². The van der Waals surface area contributed by atoms with Gasteiger partial charge in [0.05, 0.1) is 16.8 Å². The van der Waals surface area contributed by atoms with Crippen LogP contribution >= 0.6 is 11.8 Å². The van der Waals surface area contributed by atoms with Crippen molar-refractivity contribution >= 4 is 38.6 Å². The minimum atomic E-state index is -3.02. The predicted molar refractivity (Wildman–Crippen MR) is 93.7 cm³/mol. The van der Waals surface area contributed by atoms with E-state index in [9.17, 15) is 13.2 Å². The van der Waals surface area contributed by atoms with Crippen LogP contribution in [0.3, 0.4) is 0 Å². The zero-order chi connectivity index (χ0) is 17.3. The van der Waals surface area contributed by atoms with Gasteiger partial charge in [0.15, 0.2) is 15.4 Å². The second-order valence-corrected chi connectivity index (χ2v) is 9.66. The van der Waals surface area contributed by atoms with Gasteiger partial charge in [-0.2, -0.15) is 0 Å². The fourth-order valence-electron chi connectivity index (χ4n) is 2.69. The van der Waals surface area contributed by atoms with Crippen molar-refractivity contribution in [2.24, 2.45) is 5.92 Å². The number of hydrogen-bond acceptors (Lipinski definition) is 6. The van der Waals surface area contributed by atoms with E-state index in [-0.39, 0.29) is 34.6 Å². The molecule has 1 aliphatic rings. The van der Waals surface area contributed by atoms with Crippen molar-refractivity contribution in [3.8, 4) is 0 Å². The molecule has 0 bridgehead atoms. The summed E-state index contributed by atoms with van der Waals surface area (Å²) < 4.78 is 28.7. The molecule has 0 spiro atoms. The van der Waals surface area contributed by atoms with Gasteiger partial charge in [0.1, 0.15) is 5.52 Å². The number of oxazole rings is 1. The Labute approximate surface area is 145 Å². The van der Waals surface area contributed by atoms with Gasteiger partial charge in [0.25, 0.3) is 5.22 Å². The van der Waals surface area contributed by atoms with Crippen LogP contribution < -0.4 is 5.32 Å². The molecule has 1 saturated heterocycles. The van der Waals surface area contributed by atoms with E-state index in [2.05, 4.69) is 10.3 Å². The monoisotopic (exact) mass is 368 g/mol. The lowest BCUT2D eigenvalue weighted by atomic mass is 10.1. The number of rotatable bonds is 5. The molecule has 1 aromatic carbocycles. The number of hydrogen-bond donors (Lipinski definition) is 1. The number of amides is 1. The summed E-state index contributed by atoms with van der Waals surface area (Å²) in [7, 11) is -3.02. The van der Waals surface area contributed by atoms with Crippen molar-refractivity contribution in [2.45, 2.75) is 36.8 Å². The number of benzene rings is 1. The number of nitrogens with one attached hydrogen (secondary N) is 1. The van der Waals surface area contributed by atoms with Crippen molar-refractivity contribution < 1.29 is 17.6 Å². The first-order valence-corrected chi connectivity index (χ1v) is 10.6. The van der Waals surface area contributed by atoms with Gasteiger partial charge in [-0.05, 0) is 24.5 Å². The SMILES string of the molecule is CC(C)[C@@H](Sc1nc2ccccc2o1)C(=O)N[C@@H]1CCS(=O)(=O)C1. The molecule has 2 atom stereocenters. The lowest BCUT2D eigenvalue weighted by molar-refractivity contribution is -0.121. The van der Waals surface area contributed by atoms with Crippen LogP contribution in [-0.2, 0) is 14.6 Å². The van der Waals surface area contributed by atoms with E-state index < -0.39 is 9.84 Å². The summed E-state index contributed by atoms with van der Waals surface area (Å²) >= 11 is 1.27. The summed E-state index contributed by atoms with van der Waals surface area (Å²) in [5.41, 5.74) is 1.44. The number of sulfone groups is 1. The molecule has 2 heterocycles. The molecular weight excluding hydrogens is 348 g/mol. The highest BCUT2D eigenvalue weighted by Crippen LogP contribution is 2.30. The van der Waals surface area contributed by atoms with Crippen LogP contribution in [0.2, 0.25) is 0 Å². The Morgan fingerprint density at radius 1 is 1.38 bits per heavy atom. The fourth-order valence-corrected chi connectivity index (χ4v) is 5.32. The van der Waals surface area contributed by atoms with Crippen LogP contribution in [0.25, 0.3) is 11.1 Å². The van der Waals surface area contributed by atoms with Gasteiger partial charge < -0.3 is 9.73 Å². The summed E-state index contributed by atoms with van der Waals surface area (Å²) in [6.07, 6.45) is 0.479. The summed E-state index contributed by atoms with van der Waals surface area (Å²) in [4.78, 5) is 17.0. The number of aromatic nitrogens is 1. The minimum absolute atomic E-state index is 0.0249. The largest absolute Gasteiger partial charge is 0.431 e. The van der Waals surface area contributed by atoms with E-state index in [0.29, 0.717) is 17.2 Å². The third-order valence-corrected chi connectivity index (χ3v) is 7.10. The Hall–Kier alpha value is -1.54. The van der Waals surface area contributed by atoms with Crippen molar-refractivity contribution in [3.05, 3.63) is 24.3 Å². The maximum Gasteiger partial charge on any atom is 0.257 e. The number of nitrogens with zero attached hydrogens (tertiary/aromatic N) is 1. The van der Waals surface area contributed by atoms with Crippen molar-refractivity contribution in [2.75, 3.05) is 11.5 Å². The van der Waals surface area contributed by atoms with E-state index in [1.807, 2.05) is 38.1 Å². The number of carbonyl (C=O) groups is 1. The second-order valence-electron chi connectivity index (χ2n) is 6.34. The number of carbonyl (C=O) groups excluding carboxylic acids is 1. The van der Waals surface area contributed by atoms with E-state index in [1.165, 1.54) is 11.8 Å². The van der Waals surface area contributed by atoms with Crippen molar-refractivity contribution in [3.63, 3.8) is 0 Å². The summed E-state index contributed by atoms with van der Waals surface area (Å²) in [6, 6.07) is 7.14. The van der Waals surface area contributed by atoms with Gasteiger partial charge in [-0.15, -0.1) is 0 Å². The molecule has 2 aromatic rings. The third kappa shape index (κ3) is 3.92. The van der Waals surface area contributed by atoms with Crippen molar-refractivity contribution in [1.82, 2.24) is 10.3 Å². The molecule has 8 heteroatoms. The molecule has 0 saturated carbocycles. The Kier molecular flexibility index (Phi) is 4.87. The maximum atomic E-state index is 12.6. The van der Waals surface area contributed by atoms with Gasteiger partial charge >= 0.3 is 0 Å². The number of para-hydroxylation sites is 2. The van der Waals surface area contributed by atoms with Crippen LogP contribution in [0, 0.1) is 5.92 Å². The molecule has 1 amide bonds. The zero-order valence-electron chi connectivity index (χ0n) is 13.6. The molecule has 130 valence electrons. The average molecular weight is 368 g/mol. The summed E-state index contributed by atoms with van der Waals surface area (Å²) in [5, 5.41) is 2.92. The molecule has 0 unspecified atom stereocenters. The smallest absolute Gasteiger partial charge is 0.257 e.